The fourth-order valence-corrected chi connectivity index (χ4v) is 9.64. The van der Waals surface area contributed by atoms with Crippen LogP contribution in [0.4, 0.5) is 0 Å². The molecule has 67 heavy (non-hydrogen) atoms. The van der Waals surface area contributed by atoms with E-state index in [0.29, 0.717) is 25.9 Å². The molecule has 0 heterocycles. The van der Waals surface area contributed by atoms with Crippen LogP contribution < -0.4 is 5.32 Å². The Hall–Kier alpha value is -1.40. The first-order chi connectivity index (χ1) is 33.0. The van der Waals surface area contributed by atoms with Crippen LogP contribution in [0.5, 0.6) is 0 Å². The number of esters is 1. The summed E-state index contributed by atoms with van der Waals surface area (Å²) in [7, 11) is 0. The molecule has 0 fully saturated rings. The fraction of sp³-hybridized carbons (Fsp3) is 0.934. The molecule has 1 amide bonds. The van der Waals surface area contributed by atoms with Crippen molar-refractivity contribution in [2.45, 2.75) is 353 Å². The highest BCUT2D eigenvalue weighted by Gasteiger charge is 2.20. The number of allylic oxidation sites excluding steroid dienone is 2. The largest absolute Gasteiger partial charge is 0.466 e. The second-order valence-corrected chi connectivity index (χ2v) is 21.0. The lowest BCUT2D eigenvalue weighted by Crippen LogP contribution is -2.45. The second kappa shape index (κ2) is 57.2. The van der Waals surface area contributed by atoms with Crippen LogP contribution in [0.25, 0.3) is 0 Å². The van der Waals surface area contributed by atoms with E-state index in [2.05, 4.69) is 31.3 Å². The van der Waals surface area contributed by atoms with Crippen molar-refractivity contribution in [2.24, 2.45) is 0 Å². The van der Waals surface area contributed by atoms with Crippen molar-refractivity contribution in [1.29, 1.82) is 0 Å². The maximum absolute atomic E-state index is 12.5. The van der Waals surface area contributed by atoms with Crippen molar-refractivity contribution >= 4 is 11.9 Å². The molecule has 2 unspecified atom stereocenters. The van der Waals surface area contributed by atoms with Gasteiger partial charge < -0.3 is 20.3 Å². The Morgan fingerprint density at radius 2 is 0.701 bits per heavy atom. The van der Waals surface area contributed by atoms with E-state index >= 15 is 0 Å². The summed E-state index contributed by atoms with van der Waals surface area (Å²) in [6, 6.07) is -0.561. The van der Waals surface area contributed by atoms with E-state index in [-0.39, 0.29) is 18.5 Å². The molecule has 6 nitrogen and oxygen atoms in total. The topological polar surface area (TPSA) is 95.9 Å². The standard InChI is InChI=1S/C61H119NO5/c1-3-5-7-9-11-13-15-17-19-21-23-25-27-31-35-39-43-47-51-55-61(66)67-56-52-48-44-40-36-32-28-30-34-38-42-46-50-54-60(65)62-58(57-63)59(64)53-49-45-41-37-33-29-26-24-22-20-18-16-14-12-10-8-6-4-2/h30,34,58-59,63-64H,3-29,31-33,35-57H2,1-2H3,(H,62,65)/b34-30-. The van der Waals surface area contributed by atoms with Crippen molar-refractivity contribution in [3.8, 4) is 0 Å². The van der Waals surface area contributed by atoms with Gasteiger partial charge in [-0.05, 0) is 51.4 Å². The van der Waals surface area contributed by atoms with E-state index in [1.807, 2.05) is 0 Å². The van der Waals surface area contributed by atoms with Gasteiger partial charge in [0, 0.05) is 12.8 Å². The number of aliphatic hydroxyl groups excluding tert-OH is 2. The van der Waals surface area contributed by atoms with Crippen molar-refractivity contribution in [1.82, 2.24) is 5.32 Å². The third-order valence-electron chi connectivity index (χ3n) is 14.3. The number of rotatable bonds is 57. The van der Waals surface area contributed by atoms with Gasteiger partial charge in [-0.3, -0.25) is 9.59 Å². The van der Waals surface area contributed by atoms with Crippen LogP contribution in [0.1, 0.15) is 341 Å². The maximum atomic E-state index is 12.5. The van der Waals surface area contributed by atoms with E-state index < -0.39 is 12.1 Å². The molecule has 398 valence electrons. The molecule has 0 bridgehead atoms. The number of carbonyl (C=O) groups excluding carboxylic acids is 2. The molecule has 0 aliphatic rings. The number of nitrogens with one attached hydrogen (secondary N) is 1. The van der Waals surface area contributed by atoms with Gasteiger partial charge in [-0.1, -0.05) is 289 Å². The smallest absolute Gasteiger partial charge is 0.305 e. The Kier molecular flexibility index (Phi) is 56.0. The van der Waals surface area contributed by atoms with Gasteiger partial charge in [0.1, 0.15) is 0 Å². The molecular weight excluding hydrogens is 827 g/mol. The highest BCUT2D eigenvalue weighted by Crippen LogP contribution is 2.18. The maximum Gasteiger partial charge on any atom is 0.305 e. The van der Waals surface area contributed by atoms with Gasteiger partial charge in [0.05, 0.1) is 25.4 Å². The van der Waals surface area contributed by atoms with Gasteiger partial charge in [0.15, 0.2) is 0 Å². The Morgan fingerprint density at radius 1 is 0.403 bits per heavy atom. The monoisotopic (exact) mass is 946 g/mol. The molecule has 0 spiro atoms. The Morgan fingerprint density at radius 3 is 1.07 bits per heavy atom. The van der Waals surface area contributed by atoms with E-state index in [9.17, 15) is 19.8 Å². The van der Waals surface area contributed by atoms with Crippen molar-refractivity contribution in [3.63, 3.8) is 0 Å². The lowest BCUT2D eigenvalue weighted by Gasteiger charge is -2.22. The van der Waals surface area contributed by atoms with Crippen molar-refractivity contribution in [3.05, 3.63) is 12.2 Å². The molecule has 0 aliphatic heterocycles. The minimum Gasteiger partial charge on any atom is -0.466 e. The van der Waals surface area contributed by atoms with Gasteiger partial charge in [-0.15, -0.1) is 0 Å². The van der Waals surface area contributed by atoms with Crippen LogP contribution in [-0.4, -0.2) is 47.4 Å². The van der Waals surface area contributed by atoms with Crippen LogP contribution in [-0.2, 0) is 14.3 Å². The van der Waals surface area contributed by atoms with Crippen molar-refractivity contribution < 1.29 is 24.5 Å². The van der Waals surface area contributed by atoms with E-state index in [0.717, 1.165) is 70.6 Å². The average molecular weight is 947 g/mol. The lowest BCUT2D eigenvalue weighted by molar-refractivity contribution is -0.143. The highest BCUT2D eigenvalue weighted by atomic mass is 16.5. The molecule has 0 saturated heterocycles. The first kappa shape index (κ1) is 65.6. The summed E-state index contributed by atoms with van der Waals surface area (Å²) in [6.45, 7) is 4.94. The number of ether oxygens (including phenoxy) is 1. The Balaban J connectivity index is 3.45. The quantitative estimate of drug-likeness (QED) is 0.0321. The summed E-state index contributed by atoms with van der Waals surface area (Å²) >= 11 is 0. The predicted molar refractivity (Wildman–Crippen MR) is 292 cm³/mol. The summed E-state index contributed by atoms with van der Waals surface area (Å²) in [6.07, 6.45) is 67.8. The first-order valence-electron chi connectivity index (χ1n) is 30.4. The molecule has 0 radical (unpaired) electrons. The molecule has 0 aromatic rings. The molecule has 2 atom stereocenters. The number of hydrogen-bond acceptors (Lipinski definition) is 5. The zero-order valence-electron chi connectivity index (χ0n) is 45.4. The number of aliphatic hydroxyl groups is 2. The summed E-state index contributed by atoms with van der Waals surface area (Å²) in [4.78, 5) is 24.6. The number of carbonyl (C=O) groups is 2. The van der Waals surface area contributed by atoms with Gasteiger partial charge in [0.2, 0.25) is 5.91 Å². The molecule has 0 aromatic heterocycles. The van der Waals surface area contributed by atoms with Gasteiger partial charge in [-0.2, -0.15) is 0 Å². The zero-order valence-corrected chi connectivity index (χ0v) is 45.4. The summed E-state index contributed by atoms with van der Waals surface area (Å²) < 4.78 is 5.48. The van der Waals surface area contributed by atoms with E-state index in [1.54, 1.807) is 0 Å². The third kappa shape index (κ3) is 53.8. The zero-order chi connectivity index (χ0) is 48.6. The van der Waals surface area contributed by atoms with Gasteiger partial charge in [0.25, 0.3) is 0 Å². The van der Waals surface area contributed by atoms with E-state index in [1.165, 1.54) is 238 Å². The average Bonchev–Trinajstić information content (AvgIpc) is 3.33. The van der Waals surface area contributed by atoms with Crippen LogP contribution in [0.15, 0.2) is 12.2 Å². The molecule has 0 aliphatic carbocycles. The molecule has 0 aromatic carbocycles. The number of amides is 1. The van der Waals surface area contributed by atoms with Gasteiger partial charge >= 0.3 is 5.97 Å². The van der Waals surface area contributed by atoms with Crippen LogP contribution in [0.2, 0.25) is 0 Å². The second-order valence-electron chi connectivity index (χ2n) is 21.0. The molecule has 0 rings (SSSR count). The lowest BCUT2D eigenvalue weighted by atomic mass is 10.0. The Bertz CT molecular complexity index is 1000. The van der Waals surface area contributed by atoms with Crippen LogP contribution >= 0.6 is 0 Å². The van der Waals surface area contributed by atoms with Crippen LogP contribution in [0, 0.1) is 0 Å². The third-order valence-corrected chi connectivity index (χ3v) is 14.3. The normalized spacial score (nSPS) is 12.6. The minimum absolute atomic E-state index is 0.00684. The molecule has 3 N–H and O–H groups in total. The molecule has 6 heteroatoms. The predicted octanol–water partition coefficient (Wildman–Crippen LogP) is 18.9. The fourth-order valence-electron chi connectivity index (χ4n) is 9.64. The Labute approximate surface area is 419 Å². The first-order valence-corrected chi connectivity index (χ1v) is 30.4. The van der Waals surface area contributed by atoms with E-state index in [4.69, 9.17) is 4.74 Å². The SMILES string of the molecule is CCCCCCCCCCCCCCCCCCCCCC(=O)OCCCCCCCC/C=C\CCCCCC(=O)NC(CO)C(O)CCCCCCCCCCCCCCCCCCCC. The summed E-state index contributed by atoms with van der Waals surface area (Å²) in [5.74, 6) is -0.0683. The minimum atomic E-state index is -0.681. The number of hydrogen-bond donors (Lipinski definition) is 3. The van der Waals surface area contributed by atoms with Crippen LogP contribution in [0.3, 0.4) is 0 Å². The summed E-state index contributed by atoms with van der Waals surface area (Å²) in [5, 5.41) is 23.3. The molecule has 0 saturated carbocycles. The van der Waals surface area contributed by atoms with Gasteiger partial charge in [-0.25, -0.2) is 0 Å². The highest BCUT2D eigenvalue weighted by molar-refractivity contribution is 5.76. The molecular formula is C61H119NO5. The van der Waals surface area contributed by atoms with Crippen molar-refractivity contribution in [2.75, 3.05) is 13.2 Å². The number of unbranched alkanes of at least 4 members (excludes halogenated alkanes) is 44. The summed E-state index contributed by atoms with van der Waals surface area (Å²) in [5.41, 5.74) is 0.